The number of anilines is 1. The lowest BCUT2D eigenvalue weighted by Crippen LogP contribution is -1.95. The molecule has 0 saturated carbocycles. The first-order valence-electron chi connectivity index (χ1n) is 6.99. The molecule has 20 heavy (non-hydrogen) atoms. The van der Waals surface area contributed by atoms with Gasteiger partial charge in [0.25, 0.3) is 0 Å². The summed E-state index contributed by atoms with van der Waals surface area (Å²) in [5.41, 5.74) is 4.96. The summed E-state index contributed by atoms with van der Waals surface area (Å²) >= 11 is 4.64. The first kappa shape index (κ1) is 15.0. The van der Waals surface area contributed by atoms with Gasteiger partial charge in [-0.2, -0.15) is 0 Å². The number of halogens is 1. The SMILES string of the molecule is CCl.Cc1ccc(C(C)C)c2c(O)cc3c(c12)CCN3. The van der Waals surface area contributed by atoms with E-state index in [0.29, 0.717) is 11.7 Å². The molecule has 0 aliphatic carbocycles. The van der Waals surface area contributed by atoms with Gasteiger partial charge in [-0.1, -0.05) is 26.0 Å². The van der Waals surface area contributed by atoms with Crippen LogP contribution in [0.2, 0.25) is 0 Å². The van der Waals surface area contributed by atoms with E-state index in [9.17, 15) is 5.11 Å². The molecule has 0 spiro atoms. The Morgan fingerprint density at radius 2 is 1.90 bits per heavy atom. The number of phenols is 1. The first-order valence-corrected chi connectivity index (χ1v) is 7.75. The van der Waals surface area contributed by atoms with Crippen LogP contribution in [0.15, 0.2) is 18.2 Å². The largest absolute Gasteiger partial charge is 0.507 e. The second-order valence-electron chi connectivity index (χ2n) is 5.47. The molecule has 3 rings (SSSR count). The molecule has 2 N–H and O–H groups in total. The number of benzene rings is 2. The average molecular weight is 292 g/mol. The van der Waals surface area contributed by atoms with E-state index < -0.39 is 0 Å². The first-order chi connectivity index (χ1) is 9.59. The zero-order valence-corrected chi connectivity index (χ0v) is 13.3. The van der Waals surface area contributed by atoms with Gasteiger partial charge in [0.1, 0.15) is 5.75 Å². The van der Waals surface area contributed by atoms with E-state index in [1.807, 2.05) is 6.07 Å². The minimum absolute atomic E-state index is 0.408. The van der Waals surface area contributed by atoms with Gasteiger partial charge in [0.2, 0.25) is 0 Å². The summed E-state index contributed by atoms with van der Waals surface area (Å²) in [6.07, 6.45) is 2.52. The van der Waals surface area contributed by atoms with Crippen molar-refractivity contribution in [3.8, 4) is 5.75 Å². The molecule has 108 valence electrons. The van der Waals surface area contributed by atoms with Crippen molar-refractivity contribution in [2.75, 3.05) is 18.2 Å². The minimum Gasteiger partial charge on any atom is -0.507 e. The molecule has 1 aliphatic heterocycles. The Hall–Kier alpha value is -1.41. The Morgan fingerprint density at radius 3 is 2.55 bits per heavy atom. The number of alkyl halides is 1. The van der Waals surface area contributed by atoms with Crippen LogP contribution < -0.4 is 5.32 Å². The van der Waals surface area contributed by atoms with Crippen LogP contribution >= 0.6 is 11.6 Å². The third-order valence-corrected chi connectivity index (χ3v) is 3.92. The second-order valence-corrected chi connectivity index (χ2v) is 5.47. The van der Waals surface area contributed by atoms with Gasteiger partial charge < -0.3 is 10.4 Å². The lowest BCUT2D eigenvalue weighted by Gasteiger charge is -2.16. The maximum Gasteiger partial charge on any atom is 0.125 e. The highest BCUT2D eigenvalue weighted by Gasteiger charge is 2.20. The van der Waals surface area contributed by atoms with Crippen molar-refractivity contribution in [2.24, 2.45) is 0 Å². The molecule has 1 aliphatic rings. The van der Waals surface area contributed by atoms with Crippen LogP contribution in [0.4, 0.5) is 5.69 Å². The van der Waals surface area contributed by atoms with Gasteiger partial charge in [-0.05, 0) is 41.3 Å². The van der Waals surface area contributed by atoms with Crippen LogP contribution in [0.1, 0.15) is 36.5 Å². The molecule has 2 nitrogen and oxygen atoms in total. The number of rotatable bonds is 1. The van der Waals surface area contributed by atoms with Gasteiger partial charge in [0.15, 0.2) is 0 Å². The van der Waals surface area contributed by atoms with Crippen molar-refractivity contribution >= 4 is 28.1 Å². The molecule has 0 aromatic heterocycles. The summed E-state index contributed by atoms with van der Waals surface area (Å²) in [6.45, 7) is 7.45. The third kappa shape index (κ3) is 2.33. The molecule has 0 bridgehead atoms. The summed E-state index contributed by atoms with van der Waals surface area (Å²) in [7, 11) is 0. The molecule has 0 amide bonds. The van der Waals surface area contributed by atoms with Crippen molar-refractivity contribution in [1.82, 2.24) is 0 Å². The molecule has 1 heterocycles. The summed E-state index contributed by atoms with van der Waals surface area (Å²) in [5, 5.41) is 16.0. The van der Waals surface area contributed by atoms with Gasteiger partial charge in [0.05, 0.1) is 0 Å². The topological polar surface area (TPSA) is 32.3 Å². The molecular formula is C17H22ClNO. The predicted molar refractivity (Wildman–Crippen MR) is 88.4 cm³/mol. The molecule has 2 aromatic rings. The van der Waals surface area contributed by atoms with Crippen molar-refractivity contribution in [2.45, 2.75) is 33.1 Å². The summed E-state index contributed by atoms with van der Waals surface area (Å²) in [6, 6.07) is 6.21. The lowest BCUT2D eigenvalue weighted by atomic mass is 9.89. The number of hydrogen-bond donors (Lipinski definition) is 2. The smallest absolute Gasteiger partial charge is 0.125 e. The zero-order valence-electron chi connectivity index (χ0n) is 12.5. The van der Waals surface area contributed by atoms with Crippen LogP contribution in [-0.2, 0) is 6.42 Å². The molecule has 2 aromatic carbocycles. The number of aryl methyl sites for hydroxylation is 1. The van der Waals surface area contributed by atoms with E-state index in [4.69, 9.17) is 0 Å². The third-order valence-electron chi connectivity index (χ3n) is 3.92. The quantitative estimate of drug-likeness (QED) is 0.740. The van der Waals surface area contributed by atoms with E-state index >= 15 is 0 Å². The van der Waals surface area contributed by atoms with E-state index in [-0.39, 0.29) is 0 Å². The normalized spacial score (nSPS) is 12.9. The Labute approximate surface area is 125 Å². The Bertz CT molecular complexity index is 635. The number of phenolic OH excluding ortho intramolecular Hbond substituents is 1. The van der Waals surface area contributed by atoms with Gasteiger partial charge in [-0.15, -0.1) is 11.6 Å². The molecule has 0 unspecified atom stereocenters. The van der Waals surface area contributed by atoms with Gasteiger partial charge in [-0.3, -0.25) is 0 Å². The van der Waals surface area contributed by atoms with Gasteiger partial charge >= 0.3 is 0 Å². The average Bonchev–Trinajstić information content (AvgIpc) is 2.89. The molecule has 3 heteroatoms. The standard InChI is InChI=1S/C16H19NO.CH3Cl/c1-9(2)11-5-4-10(3)15-12-6-7-17-13(12)8-14(18)16(11)15;1-2/h4-5,8-9,17-18H,6-7H2,1-3H3;1H3. The van der Waals surface area contributed by atoms with Crippen molar-refractivity contribution in [1.29, 1.82) is 0 Å². The summed E-state index contributed by atoms with van der Waals surface area (Å²) < 4.78 is 0. The van der Waals surface area contributed by atoms with Gasteiger partial charge in [0, 0.05) is 30.1 Å². The fourth-order valence-corrected chi connectivity index (χ4v) is 3.04. The molecule has 0 radical (unpaired) electrons. The minimum atomic E-state index is 0.408. The summed E-state index contributed by atoms with van der Waals surface area (Å²) in [5.74, 6) is 0.831. The monoisotopic (exact) mass is 291 g/mol. The van der Waals surface area contributed by atoms with Crippen molar-refractivity contribution in [3.05, 3.63) is 34.9 Å². The highest BCUT2D eigenvalue weighted by Crippen LogP contribution is 2.41. The highest BCUT2D eigenvalue weighted by atomic mass is 35.5. The van der Waals surface area contributed by atoms with E-state index in [0.717, 1.165) is 24.0 Å². The second kappa shape index (κ2) is 5.92. The molecule has 0 atom stereocenters. The summed E-state index contributed by atoms with van der Waals surface area (Å²) in [4.78, 5) is 0. The maximum atomic E-state index is 10.3. The number of fused-ring (bicyclic) bond motifs is 3. The Morgan fingerprint density at radius 1 is 1.20 bits per heavy atom. The molecule has 0 saturated heterocycles. The number of aromatic hydroxyl groups is 1. The van der Waals surface area contributed by atoms with Crippen LogP contribution in [0, 0.1) is 6.92 Å². The van der Waals surface area contributed by atoms with E-state index in [1.165, 1.54) is 28.5 Å². The van der Waals surface area contributed by atoms with Crippen LogP contribution in [0.25, 0.3) is 10.8 Å². The molecule has 0 fully saturated rings. The Kier molecular flexibility index (Phi) is 4.44. The number of hydrogen-bond acceptors (Lipinski definition) is 2. The lowest BCUT2D eigenvalue weighted by molar-refractivity contribution is 0.481. The van der Waals surface area contributed by atoms with Crippen molar-refractivity contribution < 1.29 is 5.11 Å². The van der Waals surface area contributed by atoms with E-state index in [2.05, 4.69) is 49.8 Å². The number of nitrogens with one attached hydrogen (secondary N) is 1. The fraction of sp³-hybridized carbons (Fsp3) is 0.412. The van der Waals surface area contributed by atoms with Crippen LogP contribution in [-0.4, -0.2) is 18.0 Å². The van der Waals surface area contributed by atoms with Crippen LogP contribution in [0.3, 0.4) is 0 Å². The Balaban J connectivity index is 0.000000704. The van der Waals surface area contributed by atoms with Crippen LogP contribution in [0.5, 0.6) is 5.75 Å². The van der Waals surface area contributed by atoms with Gasteiger partial charge in [-0.25, -0.2) is 0 Å². The van der Waals surface area contributed by atoms with E-state index in [1.54, 1.807) is 0 Å². The predicted octanol–water partition coefficient (Wildman–Crippen LogP) is 4.80. The molecular weight excluding hydrogens is 270 g/mol. The maximum absolute atomic E-state index is 10.3. The fourth-order valence-electron chi connectivity index (χ4n) is 3.04. The zero-order chi connectivity index (χ0) is 14.9. The van der Waals surface area contributed by atoms with Crippen molar-refractivity contribution in [3.63, 3.8) is 0 Å². The highest BCUT2D eigenvalue weighted by molar-refractivity contribution is 6.15.